The lowest BCUT2D eigenvalue weighted by Gasteiger charge is -2.12. The van der Waals surface area contributed by atoms with Crippen LogP contribution in [0.5, 0.6) is 0 Å². The first-order valence-electron chi connectivity index (χ1n) is 4.97. The molecule has 0 amide bonds. The molecular formula is C11H17NO3. The molecule has 0 spiro atoms. The summed E-state index contributed by atoms with van der Waals surface area (Å²) in [7, 11) is 3.24. The number of carbonyl (C=O) groups excluding carboxylic acids is 1. The Labute approximate surface area is 89.6 Å². The molecule has 0 bridgehead atoms. The van der Waals surface area contributed by atoms with E-state index in [4.69, 9.17) is 4.42 Å². The summed E-state index contributed by atoms with van der Waals surface area (Å²) in [6.07, 6.45) is 1.07. The molecule has 1 aromatic rings. The highest BCUT2D eigenvalue weighted by molar-refractivity contribution is 5.69. The van der Waals surface area contributed by atoms with Gasteiger partial charge in [0.25, 0.3) is 0 Å². The molecule has 15 heavy (non-hydrogen) atoms. The van der Waals surface area contributed by atoms with E-state index >= 15 is 0 Å². The molecule has 4 heteroatoms. The summed E-state index contributed by atoms with van der Waals surface area (Å²) in [5.74, 6) is 1.54. The molecule has 0 aliphatic heterocycles. The second-order valence-electron chi connectivity index (χ2n) is 3.40. The fourth-order valence-electron chi connectivity index (χ4n) is 1.43. The second kappa shape index (κ2) is 5.56. The van der Waals surface area contributed by atoms with Gasteiger partial charge in [-0.3, -0.25) is 4.79 Å². The molecule has 1 N–H and O–H groups in total. The van der Waals surface area contributed by atoms with Gasteiger partial charge in [-0.2, -0.15) is 0 Å². The Hall–Kier alpha value is -1.29. The Morgan fingerprint density at radius 2 is 2.33 bits per heavy atom. The summed E-state index contributed by atoms with van der Waals surface area (Å²) in [5, 5.41) is 3.11. The molecule has 1 heterocycles. The zero-order valence-corrected chi connectivity index (χ0v) is 9.37. The van der Waals surface area contributed by atoms with Gasteiger partial charge >= 0.3 is 5.97 Å². The van der Waals surface area contributed by atoms with Gasteiger partial charge in [0.05, 0.1) is 13.2 Å². The van der Waals surface area contributed by atoms with Crippen LogP contribution in [0.3, 0.4) is 0 Å². The van der Waals surface area contributed by atoms with Crippen molar-refractivity contribution in [3.63, 3.8) is 0 Å². The Bertz CT molecular complexity index is 319. The van der Waals surface area contributed by atoms with Gasteiger partial charge in [-0.05, 0) is 32.5 Å². The van der Waals surface area contributed by atoms with E-state index in [-0.39, 0.29) is 12.0 Å². The maximum atomic E-state index is 11.0. The zero-order chi connectivity index (χ0) is 11.3. The van der Waals surface area contributed by atoms with Crippen LogP contribution in [0.1, 0.15) is 30.4 Å². The minimum absolute atomic E-state index is 0.0674. The summed E-state index contributed by atoms with van der Waals surface area (Å²) in [4.78, 5) is 11.0. The smallest absolute Gasteiger partial charge is 0.305 e. The number of aryl methyl sites for hydroxylation is 1. The van der Waals surface area contributed by atoms with Crippen molar-refractivity contribution in [2.45, 2.75) is 25.8 Å². The van der Waals surface area contributed by atoms with Crippen molar-refractivity contribution < 1.29 is 13.9 Å². The topological polar surface area (TPSA) is 51.5 Å². The molecule has 1 aromatic heterocycles. The highest BCUT2D eigenvalue weighted by Crippen LogP contribution is 2.20. The molecule has 0 saturated heterocycles. The van der Waals surface area contributed by atoms with Gasteiger partial charge in [-0.1, -0.05) is 0 Å². The molecule has 0 saturated carbocycles. The number of methoxy groups -OCH3 is 1. The molecule has 1 rings (SSSR count). The molecule has 0 radical (unpaired) electrons. The van der Waals surface area contributed by atoms with Crippen LogP contribution >= 0.6 is 0 Å². The maximum Gasteiger partial charge on any atom is 0.305 e. The van der Waals surface area contributed by atoms with Crippen LogP contribution in [0.15, 0.2) is 16.5 Å². The van der Waals surface area contributed by atoms with Crippen molar-refractivity contribution in [3.05, 3.63) is 23.7 Å². The molecule has 0 aromatic carbocycles. The quantitative estimate of drug-likeness (QED) is 0.754. The number of nitrogens with one attached hydrogen (secondary N) is 1. The summed E-state index contributed by atoms with van der Waals surface area (Å²) in [6.45, 7) is 1.90. The van der Waals surface area contributed by atoms with Gasteiger partial charge in [0.2, 0.25) is 0 Å². The molecule has 1 unspecified atom stereocenters. The third kappa shape index (κ3) is 3.40. The Kier molecular flexibility index (Phi) is 4.37. The molecule has 0 aliphatic carbocycles. The molecule has 0 fully saturated rings. The highest BCUT2D eigenvalue weighted by atomic mass is 16.5. The Balaban J connectivity index is 2.53. The van der Waals surface area contributed by atoms with Crippen molar-refractivity contribution in [2.75, 3.05) is 14.2 Å². The Morgan fingerprint density at radius 1 is 1.60 bits per heavy atom. The van der Waals surface area contributed by atoms with Gasteiger partial charge < -0.3 is 14.5 Å². The van der Waals surface area contributed by atoms with Gasteiger partial charge in [0, 0.05) is 6.42 Å². The minimum atomic E-state index is -0.196. The number of hydrogen-bond acceptors (Lipinski definition) is 4. The third-order valence-electron chi connectivity index (χ3n) is 2.32. The number of furan rings is 1. The predicted octanol–water partition coefficient (Wildman–Crippen LogP) is 1.80. The van der Waals surface area contributed by atoms with E-state index in [1.807, 2.05) is 26.1 Å². The van der Waals surface area contributed by atoms with Crippen LogP contribution in [-0.2, 0) is 9.53 Å². The number of carbonyl (C=O) groups is 1. The first kappa shape index (κ1) is 11.8. The van der Waals surface area contributed by atoms with E-state index in [0.29, 0.717) is 12.8 Å². The van der Waals surface area contributed by atoms with Gasteiger partial charge in [0.15, 0.2) is 0 Å². The standard InChI is InChI=1S/C11H17NO3/c1-8-4-6-10(15-8)9(12-2)5-7-11(13)14-3/h4,6,9,12H,5,7H2,1-3H3. The normalized spacial score (nSPS) is 12.5. The number of esters is 1. The summed E-state index contributed by atoms with van der Waals surface area (Å²) < 4.78 is 10.1. The lowest BCUT2D eigenvalue weighted by atomic mass is 10.1. The van der Waals surface area contributed by atoms with E-state index in [1.165, 1.54) is 7.11 Å². The van der Waals surface area contributed by atoms with Gasteiger partial charge in [0.1, 0.15) is 11.5 Å². The number of rotatable bonds is 5. The SMILES string of the molecule is CNC(CCC(=O)OC)c1ccc(C)o1. The maximum absolute atomic E-state index is 11.0. The van der Waals surface area contributed by atoms with E-state index in [1.54, 1.807) is 0 Å². The lowest BCUT2D eigenvalue weighted by molar-refractivity contribution is -0.140. The van der Waals surface area contributed by atoms with Crippen LogP contribution < -0.4 is 5.32 Å². The van der Waals surface area contributed by atoms with Crippen molar-refractivity contribution in [3.8, 4) is 0 Å². The third-order valence-corrected chi connectivity index (χ3v) is 2.32. The largest absolute Gasteiger partial charge is 0.469 e. The van der Waals surface area contributed by atoms with E-state index < -0.39 is 0 Å². The molecule has 84 valence electrons. The Morgan fingerprint density at radius 3 is 2.80 bits per heavy atom. The molecule has 4 nitrogen and oxygen atoms in total. The summed E-state index contributed by atoms with van der Waals surface area (Å²) >= 11 is 0. The average molecular weight is 211 g/mol. The molecular weight excluding hydrogens is 194 g/mol. The molecule has 1 atom stereocenters. The monoisotopic (exact) mass is 211 g/mol. The van der Waals surface area contributed by atoms with Crippen LogP contribution in [0.25, 0.3) is 0 Å². The summed E-state index contributed by atoms with van der Waals surface area (Å²) in [6, 6.07) is 3.91. The van der Waals surface area contributed by atoms with Crippen LogP contribution in [0, 0.1) is 6.92 Å². The van der Waals surface area contributed by atoms with Crippen LogP contribution in [-0.4, -0.2) is 20.1 Å². The second-order valence-corrected chi connectivity index (χ2v) is 3.40. The van der Waals surface area contributed by atoms with Crippen molar-refractivity contribution in [1.29, 1.82) is 0 Å². The minimum Gasteiger partial charge on any atom is -0.469 e. The van der Waals surface area contributed by atoms with Crippen LogP contribution in [0.2, 0.25) is 0 Å². The van der Waals surface area contributed by atoms with Gasteiger partial charge in [-0.15, -0.1) is 0 Å². The lowest BCUT2D eigenvalue weighted by Crippen LogP contribution is -2.17. The van der Waals surface area contributed by atoms with Crippen molar-refractivity contribution >= 4 is 5.97 Å². The molecule has 0 aliphatic rings. The fraction of sp³-hybridized carbons (Fsp3) is 0.545. The predicted molar refractivity (Wildman–Crippen MR) is 56.5 cm³/mol. The van der Waals surface area contributed by atoms with E-state index in [0.717, 1.165) is 11.5 Å². The van der Waals surface area contributed by atoms with Crippen molar-refractivity contribution in [1.82, 2.24) is 5.32 Å². The highest BCUT2D eigenvalue weighted by Gasteiger charge is 2.14. The first-order chi connectivity index (χ1) is 7.17. The van der Waals surface area contributed by atoms with E-state index in [9.17, 15) is 4.79 Å². The first-order valence-corrected chi connectivity index (χ1v) is 4.97. The van der Waals surface area contributed by atoms with E-state index in [2.05, 4.69) is 10.1 Å². The summed E-state index contributed by atoms with van der Waals surface area (Å²) in [5.41, 5.74) is 0. The number of hydrogen-bond donors (Lipinski definition) is 1. The fourth-order valence-corrected chi connectivity index (χ4v) is 1.43. The van der Waals surface area contributed by atoms with Gasteiger partial charge in [-0.25, -0.2) is 0 Å². The average Bonchev–Trinajstić information content (AvgIpc) is 2.65. The van der Waals surface area contributed by atoms with Crippen LogP contribution in [0.4, 0.5) is 0 Å². The van der Waals surface area contributed by atoms with Crippen molar-refractivity contribution in [2.24, 2.45) is 0 Å². The number of ether oxygens (including phenoxy) is 1. The zero-order valence-electron chi connectivity index (χ0n) is 9.37.